The van der Waals surface area contributed by atoms with Crippen molar-refractivity contribution < 1.29 is 5.11 Å². The molecule has 0 unspecified atom stereocenters. The Morgan fingerprint density at radius 3 is 2.56 bits per heavy atom. The number of nitrogens with zero attached hydrogens (tertiary/aromatic N) is 1. The number of para-hydroxylation sites is 1. The molecule has 2 heteroatoms. The van der Waals surface area contributed by atoms with Gasteiger partial charge in [0.1, 0.15) is 0 Å². The highest BCUT2D eigenvalue weighted by Gasteiger charge is 2.30. The molecule has 0 atom stereocenters. The summed E-state index contributed by atoms with van der Waals surface area (Å²) < 4.78 is 0. The number of benzene rings is 1. The Hall–Kier alpha value is -1.02. The van der Waals surface area contributed by atoms with Gasteiger partial charge in [0, 0.05) is 23.8 Å². The molecular formula is C14H21NO. The van der Waals surface area contributed by atoms with Gasteiger partial charge in [0.2, 0.25) is 0 Å². The van der Waals surface area contributed by atoms with E-state index in [1.54, 1.807) is 0 Å². The Morgan fingerprint density at radius 2 is 2.00 bits per heavy atom. The van der Waals surface area contributed by atoms with Crippen LogP contribution in [0.15, 0.2) is 24.3 Å². The smallest absolute Gasteiger partial charge is 0.0702 e. The molecule has 1 aromatic carbocycles. The van der Waals surface area contributed by atoms with Crippen LogP contribution in [0.2, 0.25) is 0 Å². The van der Waals surface area contributed by atoms with Gasteiger partial charge in [0.25, 0.3) is 0 Å². The van der Waals surface area contributed by atoms with Crippen LogP contribution in [-0.4, -0.2) is 17.7 Å². The quantitative estimate of drug-likeness (QED) is 0.823. The van der Waals surface area contributed by atoms with E-state index in [9.17, 15) is 5.11 Å². The monoisotopic (exact) mass is 219 g/mol. The molecule has 0 spiro atoms. The predicted molar refractivity (Wildman–Crippen MR) is 67.6 cm³/mol. The van der Waals surface area contributed by atoms with E-state index in [1.807, 2.05) is 12.1 Å². The van der Waals surface area contributed by atoms with Crippen molar-refractivity contribution >= 4 is 5.69 Å². The Labute approximate surface area is 97.9 Å². The normalized spacial score (nSPS) is 15.5. The van der Waals surface area contributed by atoms with Crippen LogP contribution in [0.4, 0.5) is 5.69 Å². The number of aliphatic hydroxyl groups is 1. The number of aliphatic hydroxyl groups excluding tert-OH is 1. The standard InChI is InChI=1S/C14H21NO/c1-11(2)9-15(13-7-8-13)14-6-4-3-5-12(14)10-16/h3-6,11,13,16H,7-10H2,1-2H3. The lowest BCUT2D eigenvalue weighted by Crippen LogP contribution is -2.30. The molecule has 0 radical (unpaired) electrons. The Kier molecular flexibility index (Phi) is 3.49. The van der Waals surface area contributed by atoms with Crippen molar-refractivity contribution in [2.75, 3.05) is 11.4 Å². The highest BCUT2D eigenvalue weighted by atomic mass is 16.3. The largest absolute Gasteiger partial charge is 0.392 e. The van der Waals surface area contributed by atoms with Crippen LogP contribution in [-0.2, 0) is 6.61 Å². The summed E-state index contributed by atoms with van der Waals surface area (Å²) in [6, 6.07) is 8.91. The average Bonchev–Trinajstić information content (AvgIpc) is 3.09. The Morgan fingerprint density at radius 1 is 1.31 bits per heavy atom. The number of hydrogen-bond donors (Lipinski definition) is 1. The third kappa shape index (κ3) is 2.56. The van der Waals surface area contributed by atoms with Gasteiger partial charge in [-0.3, -0.25) is 0 Å². The summed E-state index contributed by atoms with van der Waals surface area (Å²) in [5.41, 5.74) is 2.27. The fourth-order valence-corrected chi connectivity index (χ4v) is 2.15. The molecule has 0 aliphatic heterocycles. The number of anilines is 1. The summed E-state index contributed by atoms with van der Waals surface area (Å²) in [4.78, 5) is 2.47. The summed E-state index contributed by atoms with van der Waals surface area (Å²) in [6.07, 6.45) is 2.60. The minimum absolute atomic E-state index is 0.136. The lowest BCUT2D eigenvalue weighted by Gasteiger charge is -2.28. The van der Waals surface area contributed by atoms with Gasteiger partial charge < -0.3 is 10.0 Å². The molecule has 16 heavy (non-hydrogen) atoms. The van der Waals surface area contributed by atoms with Crippen molar-refractivity contribution in [3.05, 3.63) is 29.8 Å². The van der Waals surface area contributed by atoms with Crippen LogP contribution in [0.25, 0.3) is 0 Å². The second kappa shape index (κ2) is 4.88. The molecule has 1 aliphatic rings. The molecule has 1 saturated carbocycles. The van der Waals surface area contributed by atoms with Crippen LogP contribution < -0.4 is 4.90 Å². The minimum Gasteiger partial charge on any atom is -0.392 e. The fourth-order valence-electron chi connectivity index (χ4n) is 2.15. The topological polar surface area (TPSA) is 23.5 Å². The second-order valence-electron chi connectivity index (χ2n) is 5.06. The summed E-state index contributed by atoms with van der Waals surface area (Å²) in [7, 11) is 0. The van der Waals surface area contributed by atoms with Crippen molar-refractivity contribution in [1.29, 1.82) is 0 Å². The zero-order valence-corrected chi connectivity index (χ0v) is 10.2. The lowest BCUT2D eigenvalue weighted by atomic mass is 10.1. The van der Waals surface area contributed by atoms with Crippen LogP contribution in [0, 0.1) is 5.92 Å². The second-order valence-corrected chi connectivity index (χ2v) is 5.06. The van der Waals surface area contributed by atoms with Crippen molar-refractivity contribution in [3.8, 4) is 0 Å². The third-order valence-corrected chi connectivity index (χ3v) is 3.02. The van der Waals surface area contributed by atoms with Gasteiger partial charge in [-0.1, -0.05) is 32.0 Å². The maximum atomic E-state index is 9.38. The van der Waals surface area contributed by atoms with E-state index >= 15 is 0 Å². The van der Waals surface area contributed by atoms with Gasteiger partial charge >= 0.3 is 0 Å². The zero-order valence-electron chi connectivity index (χ0n) is 10.2. The van der Waals surface area contributed by atoms with Crippen molar-refractivity contribution in [2.24, 2.45) is 5.92 Å². The first-order chi connectivity index (χ1) is 7.72. The first-order valence-corrected chi connectivity index (χ1v) is 6.17. The molecule has 1 fully saturated rings. The summed E-state index contributed by atoms with van der Waals surface area (Å²) in [5, 5.41) is 9.38. The van der Waals surface area contributed by atoms with Gasteiger partial charge in [-0.2, -0.15) is 0 Å². The molecule has 1 aliphatic carbocycles. The summed E-state index contributed by atoms with van der Waals surface area (Å²) in [5.74, 6) is 0.660. The van der Waals surface area contributed by atoms with E-state index in [2.05, 4.69) is 30.9 Å². The summed E-state index contributed by atoms with van der Waals surface area (Å²) in [6.45, 7) is 5.72. The predicted octanol–water partition coefficient (Wildman–Crippen LogP) is 2.80. The van der Waals surface area contributed by atoms with E-state index < -0.39 is 0 Å². The summed E-state index contributed by atoms with van der Waals surface area (Å²) >= 11 is 0. The minimum atomic E-state index is 0.136. The van der Waals surface area contributed by atoms with Crippen molar-refractivity contribution in [2.45, 2.75) is 39.3 Å². The molecular weight excluding hydrogens is 198 g/mol. The highest BCUT2D eigenvalue weighted by molar-refractivity contribution is 5.55. The maximum absolute atomic E-state index is 9.38. The molecule has 0 amide bonds. The van der Waals surface area contributed by atoms with Crippen LogP contribution in [0.1, 0.15) is 32.3 Å². The van der Waals surface area contributed by atoms with E-state index in [0.29, 0.717) is 12.0 Å². The Bertz CT molecular complexity index is 344. The van der Waals surface area contributed by atoms with E-state index in [1.165, 1.54) is 18.5 Å². The first kappa shape index (κ1) is 11.5. The number of hydrogen-bond acceptors (Lipinski definition) is 2. The van der Waals surface area contributed by atoms with Crippen LogP contribution >= 0.6 is 0 Å². The molecule has 88 valence electrons. The Balaban J connectivity index is 2.23. The van der Waals surface area contributed by atoms with E-state index in [-0.39, 0.29) is 6.61 Å². The van der Waals surface area contributed by atoms with Gasteiger partial charge in [0.15, 0.2) is 0 Å². The van der Waals surface area contributed by atoms with Gasteiger partial charge in [-0.05, 0) is 24.8 Å². The molecule has 2 rings (SSSR count). The van der Waals surface area contributed by atoms with Gasteiger partial charge in [-0.25, -0.2) is 0 Å². The molecule has 0 heterocycles. The van der Waals surface area contributed by atoms with Crippen molar-refractivity contribution in [1.82, 2.24) is 0 Å². The number of rotatable bonds is 5. The lowest BCUT2D eigenvalue weighted by molar-refractivity contribution is 0.282. The molecule has 2 nitrogen and oxygen atoms in total. The average molecular weight is 219 g/mol. The van der Waals surface area contributed by atoms with E-state index in [0.717, 1.165) is 12.1 Å². The van der Waals surface area contributed by atoms with E-state index in [4.69, 9.17) is 0 Å². The van der Waals surface area contributed by atoms with Crippen LogP contribution in [0.5, 0.6) is 0 Å². The molecule has 1 N–H and O–H groups in total. The van der Waals surface area contributed by atoms with Gasteiger partial charge in [-0.15, -0.1) is 0 Å². The molecule has 0 aromatic heterocycles. The molecule has 0 bridgehead atoms. The maximum Gasteiger partial charge on any atom is 0.0702 e. The zero-order chi connectivity index (χ0) is 11.5. The van der Waals surface area contributed by atoms with Crippen molar-refractivity contribution in [3.63, 3.8) is 0 Å². The molecule has 1 aromatic rings. The highest BCUT2D eigenvalue weighted by Crippen LogP contribution is 2.34. The molecule has 0 saturated heterocycles. The first-order valence-electron chi connectivity index (χ1n) is 6.17. The third-order valence-electron chi connectivity index (χ3n) is 3.02. The van der Waals surface area contributed by atoms with Gasteiger partial charge in [0.05, 0.1) is 6.61 Å². The SMILES string of the molecule is CC(C)CN(c1ccccc1CO)C1CC1. The van der Waals surface area contributed by atoms with Crippen LogP contribution in [0.3, 0.4) is 0 Å². The fraction of sp³-hybridized carbons (Fsp3) is 0.571.